The predicted molar refractivity (Wildman–Crippen MR) is 472 cm³/mol. The summed E-state index contributed by atoms with van der Waals surface area (Å²) in [7, 11) is 2.42. The van der Waals surface area contributed by atoms with E-state index in [2.05, 4.69) is 51.4 Å². The second kappa shape index (κ2) is 44.1. The summed E-state index contributed by atoms with van der Waals surface area (Å²) in [4.78, 5) is 169. The minimum absolute atomic E-state index is 0. The predicted octanol–water partition coefficient (Wildman–Crippen LogP) is 18.2. The molecule has 33 nitrogen and oxygen atoms in total. The monoisotopic (exact) mass is 2010 g/mol. The van der Waals surface area contributed by atoms with E-state index in [1.807, 2.05) is 20.8 Å². The molecule has 4 aliphatic heterocycles. The van der Waals surface area contributed by atoms with Crippen LogP contribution in [0.5, 0.6) is 0 Å². The van der Waals surface area contributed by atoms with Crippen LogP contribution in [-0.2, 0) is 90.7 Å². The molecule has 664 valence electrons. The Morgan fingerprint density at radius 3 is 1.08 bits per heavy atom. The van der Waals surface area contributed by atoms with Crippen molar-refractivity contribution in [2.45, 2.75) is 83.9 Å². The van der Waals surface area contributed by atoms with Gasteiger partial charge in [0.25, 0.3) is 65.9 Å². The number of carbonyl (C=O) groups excluding carboxylic acids is 12. The first-order valence-electron chi connectivity index (χ1n) is 34.3. The van der Waals surface area contributed by atoms with Gasteiger partial charge in [-0.1, -0.05) is 127 Å². The summed E-state index contributed by atoms with van der Waals surface area (Å²) in [5.41, 5.74) is 11.4. The first-order chi connectivity index (χ1) is 57.2. The molecule has 0 spiro atoms. The van der Waals surface area contributed by atoms with E-state index in [-0.39, 0.29) is 186 Å². The average molecular weight is 2020 g/mol. The number of nitrogens with zero attached hydrogens (tertiary/aromatic N) is 5. The fraction of sp³-hybridized carbons (Fsp3) is 0.188. The van der Waals surface area contributed by atoms with Crippen LogP contribution in [0.25, 0.3) is 0 Å². The number of amides is 6. The molecule has 6 amide bonds. The number of halogens is 5. The van der Waals surface area contributed by atoms with Gasteiger partial charge in [-0.25, -0.2) is 60.3 Å². The van der Waals surface area contributed by atoms with E-state index in [0.29, 0.717) is 15.5 Å². The zero-order chi connectivity index (χ0) is 91.0. The smallest absolute Gasteiger partial charge is 0.354 e. The van der Waals surface area contributed by atoms with E-state index in [9.17, 15) is 94.6 Å². The van der Waals surface area contributed by atoms with Gasteiger partial charge in [0.05, 0.1) is 124 Å². The molecule has 4 aromatic heterocycles. The molecule has 126 heavy (non-hydrogen) atoms. The molecule has 0 unspecified atom stereocenters. The summed E-state index contributed by atoms with van der Waals surface area (Å²) >= 11 is 28.2. The number of imide groups is 3. The maximum absolute atomic E-state index is 13.4. The number of benzene rings is 6. The van der Waals surface area contributed by atoms with Crippen molar-refractivity contribution in [2.75, 3.05) is 59.3 Å². The Bertz CT molecular complexity index is 6190. The van der Waals surface area contributed by atoms with E-state index in [0.717, 1.165) is 74.2 Å². The Balaban J connectivity index is 0.000000327. The number of rotatable bonds is 13. The fourth-order valence-corrected chi connectivity index (χ4v) is 17.3. The van der Waals surface area contributed by atoms with Crippen molar-refractivity contribution >= 4 is 238 Å². The number of carbonyl (C=O) groups is 12. The Kier molecular flexibility index (Phi) is 37.7. The molecule has 0 saturated heterocycles. The Labute approximate surface area is 784 Å². The summed E-state index contributed by atoms with van der Waals surface area (Å²) in [5, 5.41) is 28.1. The number of anilines is 6. The second-order valence-corrected chi connectivity index (χ2v) is 36.1. The zero-order valence-corrected chi connectivity index (χ0v) is 77.4. The molecular weight excluding hydrogens is 1940 g/mol. The summed E-state index contributed by atoms with van der Waals surface area (Å²) in [6, 6.07) is 29.1. The molecule has 0 saturated carbocycles. The molecule has 10 aromatic rings. The van der Waals surface area contributed by atoms with Gasteiger partial charge < -0.3 is 42.1 Å². The number of nitrogen functional groups attached to an aromatic ring is 2. The number of cyclic esters (lactones) is 2. The van der Waals surface area contributed by atoms with Crippen LogP contribution in [0.4, 0.5) is 45.5 Å². The van der Waals surface area contributed by atoms with Crippen molar-refractivity contribution in [1.29, 1.82) is 0 Å². The summed E-state index contributed by atoms with van der Waals surface area (Å²) in [5.74, 6) is -8.95. The molecule has 0 atom stereocenters. The van der Waals surface area contributed by atoms with Crippen LogP contribution in [0.3, 0.4) is 0 Å². The molecule has 4 aliphatic rings. The number of nitrogens with one attached hydrogen (secondary N) is 1. The molecule has 8 heterocycles. The summed E-state index contributed by atoms with van der Waals surface area (Å²) in [6.07, 6.45) is 0. The third kappa shape index (κ3) is 22.8. The molecule has 0 fully saturated rings. The topological polar surface area (TPSA) is 479 Å². The number of methoxy groups -OCH3 is 4. The molecule has 14 rings (SSSR count). The first-order valence-corrected chi connectivity index (χ1v) is 43.1. The Morgan fingerprint density at radius 1 is 0.421 bits per heavy atom. The fourth-order valence-electron chi connectivity index (χ4n) is 11.4. The van der Waals surface area contributed by atoms with Gasteiger partial charge in [0.2, 0.25) is 0 Å². The van der Waals surface area contributed by atoms with Crippen molar-refractivity contribution in [3.05, 3.63) is 265 Å². The summed E-state index contributed by atoms with van der Waals surface area (Å²) in [6.45, 7) is 17.2. The van der Waals surface area contributed by atoms with E-state index in [1.165, 1.54) is 122 Å². The minimum Gasteiger partial charge on any atom is -0.465 e. The Morgan fingerprint density at radius 2 is 0.722 bits per heavy atom. The van der Waals surface area contributed by atoms with Gasteiger partial charge >= 0.3 is 35.8 Å². The number of fused-ring (bicyclic) bond motifs is 4. The van der Waals surface area contributed by atoms with E-state index >= 15 is 0 Å². The number of hydrogen-bond acceptors (Lipinski definition) is 31. The van der Waals surface area contributed by atoms with Crippen molar-refractivity contribution < 1.29 is 145 Å². The zero-order valence-electron chi connectivity index (χ0n) is 65.9. The van der Waals surface area contributed by atoms with E-state index in [1.54, 1.807) is 48.0 Å². The van der Waals surface area contributed by atoms with E-state index < -0.39 is 106 Å². The second-order valence-electron chi connectivity index (χ2n) is 26.6. The van der Waals surface area contributed by atoms with Crippen LogP contribution in [0.15, 0.2) is 153 Å². The van der Waals surface area contributed by atoms with Crippen molar-refractivity contribution in [2.24, 2.45) is 0 Å². The minimum atomic E-state index is -4.09. The number of thiophene rings is 4. The van der Waals surface area contributed by atoms with Gasteiger partial charge in [0, 0.05) is 65.6 Å². The maximum Gasteiger partial charge on any atom is 0.354 e. The number of ether oxygens (including phenoxy) is 5. The Hall–Kier alpha value is -10.7. The van der Waals surface area contributed by atoms with Crippen LogP contribution in [0.2, 0.25) is 20.1 Å². The number of esters is 6. The molecule has 2 radical (unpaired) electrons. The average Bonchev–Trinajstić information content (AvgIpc) is 1.59. The number of sulfonamides is 1. The SMILES string of the molecule is C.C.CC(C)(C)c1ccc(S(=O)(=O)Cl)cc1.COC(=O)c1sccc1N.COC(=O)c1sccc1N1C(=O)c2c(Cl)ccc(NS(=O)(=O)c3ccc(C(C)(C)C)cc3)c2C1=O.COC(=O)c1sccc1N1C(=O)c2c(Cl)ccc([N+](=O)[O-])c2C1=O.COC(=O)c1sccc1N1C(=O)c2c(N)ccc(Cl)c2C1=O.O=C1OC(=O)c2c([N+](=O)[O-])ccc(Cl)c21.[CH2-]C.[V].[V]. The standard InChI is InChI=1S/C24H21ClN2O6S2.C14H7ClN2O6S.C14H9ClN2O4S.C10H13ClO2S.C8H2ClNO5.C6H7NO2S.C2H5.2CH4.2V/c1-24(2,3)13-5-7-14(8-6-13)35(31,32)26-16-10-9-15(25)18-19(16)22(29)27(21(18)28)17-11-12-34-20(17)23(30)33-4;1-23-14(20)11-8(4-5-24-11)16-12(18)9-6(15)2-3-7(17(21)22)10(9)13(16)19;1-21-14(20)11-8(4-5-22-11)17-12(18)9-6(15)2-3-7(16)10(9)13(17)19;1-10(2,3)8-4-6-9(7-5-8)14(11,12)13;9-3-1-2-4(10(13)14)6-5(3)7(11)15-8(6)12;1-9-6(8)5-4(7)2-3-10-5;1-2;;;;/h5-12,26H,1-4H3;2-5H,1H3;2-5H,16H2,1H3;4-7H,1-3H3;1-2H;2-3H,7H2,1H3;1H2,2H3;2*1H4;;/q;;;;;;-1;;;;. The molecular formula is C80H72Cl5N8O25S6V2-. The maximum atomic E-state index is 13.4. The number of nitrogens with two attached hydrogens (primary N) is 2. The number of hydrogen-bond donors (Lipinski definition) is 3. The molecule has 6 aromatic carbocycles. The third-order valence-corrected chi connectivity index (χ3v) is 24.8. The van der Waals surface area contributed by atoms with Crippen LogP contribution in [0.1, 0.15) is 196 Å². The number of nitro groups is 2. The van der Waals surface area contributed by atoms with Gasteiger partial charge in [0.15, 0.2) is 5.56 Å². The van der Waals surface area contributed by atoms with Gasteiger partial charge in [0.1, 0.15) is 30.6 Å². The molecule has 46 heteroatoms. The number of nitro benzene ring substituents is 2. The van der Waals surface area contributed by atoms with Gasteiger partial charge in [-0.2, -0.15) is 6.92 Å². The van der Waals surface area contributed by atoms with Crippen LogP contribution in [0, 0.1) is 27.2 Å². The van der Waals surface area contributed by atoms with Gasteiger partial charge in [-0.3, -0.25) is 53.7 Å². The van der Waals surface area contributed by atoms with Crippen LogP contribution < -0.4 is 30.9 Å². The third-order valence-electron chi connectivity index (χ3n) is 17.2. The van der Waals surface area contributed by atoms with E-state index in [4.69, 9.17) is 73.3 Å². The van der Waals surface area contributed by atoms with Crippen LogP contribution >= 0.6 is 102 Å². The van der Waals surface area contributed by atoms with Crippen LogP contribution in [-0.4, -0.2) is 126 Å². The molecule has 0 aliphatic carbocycles. The first kappa shape index (κ1) is 108. The van der Waals surface area contributed by atoms with Crippen molar-refractivity contribution in [3.8, 4) is 0 Å². The van der Waals surface area contributed by atoms with Crippen molar-refractivity contribution in [1.82, 2.24) is 0 Å². The van der Waals surface area contributed by atoms with Crippen molar-refractivity contribution in [3.63, 3.8) is 0 Å². The molecule has 5 N–H and O–H groups in total. The summed E-state index contributed by atoms with van der Waals surface area (Å²) < 4.78 is 73.3. The largest absolute Gasteiger partial charge is 0.465 e. The normalized spacial score (nSPS) is 12.5. The van der Waals surface area contributed by atoms with Gasteiger partial charge in [-0.15, -0.1) is 45.3 Å². The molecule has 0 bridgehead atoms. The van der Waals surface area contributed by atoms with Gasteiger partial charge in [-0.05, 0) is 128 Å². The quantitative estimate of drug-likeness (QED) is 0.0111.